The molecule has 0 radical (unpaired) electrons. The molecule has 3 aromatic rings. The van der Waals surface area contributed by atoms with E-state index in [-0.39, 0.29) is 16.2 Å². The van der Waals surface area contributed by atoms with Gasteiger partial charge in [-0.3, -0.25) is 9.59 Å². The van der Waals surface area contributed by atoms with Crippen LogP contribution in [-0.4, -0.2) is 10.8 Å². The molecule has 21 heavy (non-hydrogen) atoms. The summed E-state index contributed by atoms with van der Waals surface area (Å²) in [5, 5.41) is 0.558. The van der Waals surface area contributed by atoms with Crippen LogP contribution in [-0.2, 0) is 0 Å². The molecule has 0 aliphatic carbocycles. The van der Waals surface area contributed by atoms with Crippen molar-refractivity contribution in [3.05, 3.63) is 87.5 Å². The molecule has 0 atom stereocenters. The van der Waals surface area contributed by atoms with Crippen LogP contribution in [0, 0.1) is 0 Å². The van der Waals surface area contributed by atoms with Gasteiger partial charge in [0, 0.05) is 17.2 Å². The lowest BCUT2D eigenvalue weighted by Gasteiger charge is -2.03. The van der Waals surface area contributed by atoms with Crippen molar-refractivity contribution in [2.45, 2.75) is 0 Å². The molecule has 4 heteroatoms. The van der Waals surface area contributed by atoms with Gasteiger partial charge in [0.05, 0.1) is 0 Å². The number of ketones is 1. The van der Waals surface area contributed by atoms with Crippen molar-refractivity contribution in [1.82, 2.24) is 4.98 Å². The van der Waals surface area contributed by atoms with Crippen LogP contribution in [0.2, 0.25) is 0 Å². The predicted octanol–water partition coefficient (Wildman–Crippen LogP) is 3.40. The number of hydrogen-bond acceptors (Lipinski definition) is 4. The topological polar surface area (TPSA) is 47.0 Å². The summed E-state index contributed by atoms with van der Waals surface area (Å²) in [6, 6.07) is 19.5. The van der Waals surface area contributed by atoms with Gasteiger partial charge in [-0.2, -0.15) is 0 Å². The molecule has 0 amide bonds. The lowest BCUT2D eigenvalue weighted by molar-refractivity contribution is 0.103. The number of rotatable bonds is 3. The van der Waals surface area contributed by atoms with Gasteiger partial charge in [-0.25, -0.2) is 4.98 Å². The summed E-state index contributed by atoms with van der Waals surface area (Å²) in [5.41, 5.74) is 1.55. The zero-order valence-electron chi connectivity index (χ0n) is 11.0. The first-order valence-corrected chi connectivity index (χ1v) is 7.23. The molecule has 2 aromatic carbocycles. The van der Waals surface area contributed by atoms with Gasteiger partial charge in [0.2, 0.25) is 10.5 Å². The van der Waals surface area contributed by atoms with Crippen molar-refractivity contribution in [2.24, 2.45) is 0 Å². The second-order valence-corrected chi connectivity index (χ2v) is 5.42. The Bertz CT molecular complexity index is 826. The lowest BCUT2D eigenvalue weighted by Crippen LogP contribution is -2.08. The van der Waals surface area contributed by atoms with Crippen molar-refractivity contribution < 1.29 is 4.79 Å². The fraction of sp³-hybridized carbons (Fsp3) is 0. The molecular weight excluding hydrogens is 282 g/mol. The van der Waals surface area contributed by atoms with Crippen molar-refractivity contribution in [3.63, 3.8) is 0 Å². The van der Waals surface area contributed by atoms with Gasteiger partial charge < -0.3 is 0 Å². The third-order valence-electron chi connectivity index (χ3n) is 2.96. The van der Waals surface area contributed by atoms with E-state index < -0.39 is 0 Å². The zero-order chi connectivity index (χ0) is 14.7. The summed E-state index contributed by atoms with van der Waals surface area (Å²) in [6.45, 7) is 0. The van der Waals surface area contributed by atoms with E-state index in [2.05, 4.69) is 4.98 Å². The third-order valence-corrected chi connectivity index (χ3v) is 3.80. The van der Waals surface area contributed by atoms with E-state index in [4.69, 9.17) is 0 Å². The Morgan fingerprint density at radius 2 is 1.52 bits per heavy atom. The zero-order valence-corrected chi connectivity index (χ0v) is 11.8. The molecule has 0 fully saturated rings. The van der Waals surface area contributed by atoms with E-state index in [1.54, 1.807) is 24.3 Å². The average molecular weight is 293 g/mol. The van der Waals surface area contributed by atoms with Crippen LogP contribution in [0.25, 0.3) is 10.6 Å². The Morgan fingerprint density at radius 1 is 0.905 bits per heavy atom. The summed E-state index contributed by atoms with van der Waals surface area (Å²) in [5.74, 6) is -0.238. The molecule has 0 saturated heterocycles. The van der Waals surface area contributed by atoms with Gasteiger partial charge in [-0.1, -0.05) is 72.0 Å². The Kier molecular flexibility index (Phi) is 3.71. The normalized spacial score (nSPS) is 10.3. The van der Waals surface area contributed by atoms with E-state index in [0.717, 1.165) is 16.9 Å². The molecule has 0 spiro atoms. The van der Waals surface area contributed by atoms with Crippen LogP contribution in [0.1, 0.15) is 16.1 Å². The summed E-state index contributed by atoms with van der Waals surface area (Å²) in [6.07, 6.45) is 0. The van der Waals surface area contributed by atoms with Gasteiger partial charge >= 0.3 is 0 Å². The summed E-state index contributed by atoms with van der Waals surface area (Å²) in [4.78, 5) is 28.6. The van der Waals surface area contributed by atoms with Gasteiger partial charge in [-0.15, -0.1) is 0 Å². The van der Waals surface area contributed by atoms with Crippen molar-refractivity contribution in [3.8, 4) is 10.6 Å². The molecular formula is C17H11NO2S. The minimum atomic E-state index is -0.238. The summed E-state index contributed by atoms with van der Waals surface area (Å²) in [7, 11) is 0. The van der Waals surface area contributed by atoms with Crippen LogP contribution in [0.4, 0.5) is 0 Å². The Labute approximate surface area is 125 Å². The fourth-order valence-electron chi connectivity index (χ4n) is 1.96. The smallest absolute Gasteiger partial charge is 0.236 e. The monoisotopic (exact) mass is 293 g/mol. The minimum Gasteiger partial charge on any atom is -0.287 e. The van der Waals surface area contributed by atoms with E-state index >= 15 is 0 Å². The number of carbonyl (C=O) groups excluding carboxylic acids is 1. The highest BCUT2D eigenvalue weighted by Crippen LogP contribution is 2.19. The predicted molar refractivity (Wildman–Crippen MR) is 83.7 cm³/mol. The Balaban J connectivity index is 2.07. The molecule has 0 N–H and O–H groups in total. The van der Waals surface area contributed by atoms with Crippen LogP contribution < -0.4 is 4.74 Å². The van der Waals surface area contributed by atoms with E-state index in [9.17, 15) is 9.59 Å². The largest absolute Gasteiger partial charge is 0.287 e. The van der Waals surface area contributed by atoms with Crippen LogP contribution in [0.15, 0.2) is 71.5 Å². The number of benzene rings is 2. The van der Waals surface area contributed by atoms with Gasteiger partial charge in [0.25, 0.3) is 0 Å². The van der Waals surface area contributed by atoms with E-state index in [1.807, 2.05) is 36.4 Å². The average Bonchev–Trinajstić information content (AvgIpc) is 2.55. The minimum absolute atomic E-state index is 0.178. The highest BCUT2D eigenvalue weighted by molar-refractivity contribution is 7.12. The van der Waals surface area contributed by atoms with Crippen molar-refractivity contribution in [2.75, 3.05) is 0 Å². The fourth-order valence-corrected chi connectivity index (χ4v) is 2.72. The molecule has 0 bridgehead atoms. The lowest BCUT2D eigenvalue weighted by atomic mass is 10.1. The van der Waals surface area contributed by atoms with Gasteiger partial charge in [-0.05, 0) is 0 Å². The highest BCUT2D eigenvalue weighted by atomic mass is 32.1. The quantitative estimate of drug-likeness (QED) is 0.695. The third kappa shape index (κ3) is 2.95. The Morgan fingerprint density at radius 3 is 2.19 bits per heavy atom. The summed E-state index contributed by atoms with van der Waals surface area (Å²) >= 11 is 1.04. The molecule has 3 nitrogen and oxygen atoms in total. The maximum atomic E-state index is 12.4. The molecule has 0 unspecified atom stereocenters. The standard InChI is InChI=1S/C17H11NO2S/c19-15-11-14(16(20)12-7-3-1-4-8-12)18-17(21-15)13-9-5-2-6-10-13/h1-11H. The molecule has 1 heterocycles. The number of hydrogen-bond donors (Lipinski definition) is 0. The highest BCUT2D eigenvalue weighted by Gasteiger charge is 2.13. The van der Waals surface area contributed by atoms with Crippen molar-refractivity contribution in [1.29, 1.82) is 0 Å². The maximum Gasteiger partial charge on any atom is 0.236 e. The first kappa shape index (κ1) is 13.4. The number of carbonyl (C=O) groups is 1. The van der Waals surface area contributed by atoms with Crippen molar-refractivity contribution >= 4 is 17.1 Å². The first-order valence-electron chi connectivity index (χ1n) is 6.41. The molecule has 0 saturated carbocycles. The van der Waals surface area contributed by atoms with Crippen LogP contribution in [0.5, 0.6) is 0 Å². The molecule has 3 rings (SSSR count). The number of nitrogens with zero attached hydrogens (tertiary/aromatic N) is 1. The van der Waals surface area contributed by atoms with Gasteiger partial charge in [0.15, 0.2) is 0 Å². The van der Waals surface area contributed by atoms with E-state index in [1.165, 1.54) is 6.07 Å². The Hall–Kier alpha value is -2.59. The van der Waals surface area contributed by atoms with E-state index in [0.29, 0.717) is 10.6 Å². The van der Waals surface area contributed by atoms with Crippen LogP contribution >= 0.6 is 11.3 Å². The van der Waals surface area contributed by atoms with Gasteiger partial charge in [0.1, 0.15) is 10.7 Å². The second kappa shape index (κ2) is 5.81. The molecule has 102 valence electrons. The summed E-state index contributed by atoms with van der Waals surface area (Å²) < 4.78 is -0.178. The van der Waals surface area contributed by atoms with Crippen LogP contribution in [0.3, 0.4) is 0 Å². The first-order chi connectivity index (χ1) is 10.2. The second-order valence-electron chi connectivity index (χ2n) is 4.43. The SMILES string of the molecule is O=C(c1ccccc1)c1cc(=O)sc(-c2ccccc2)n1. The molecule has 0 aliphatic heterocycles. The number of aromatic nitrogens is 1. The molecule has 0 aliphatic rings. The molecule has 1 aromatic heterocycles. The maximum absolute atomic E-state index is 12.4.